The highest BCUT2D eigenvalue weighted by Crippen LogP contribution is 2.34. The highest BCUT2D eigenvalue weighted by Gasteiger charge is 2.51. The van der Waals surface area contributed by atoms with Gasteiger partial charge in [0.1, 0.15) is 0 Å². The first-order valence-corrected chi connectivity index (χ1v) is 10.6. The molecule has 0 fully saturated rings. The predicted octanol–water partition coefficient (Wildman–Crippen LogP) is 2.14. The van der Waals surface area contributed by atoms with Crippen LogP contribution in [0.1, 0.15) is 23.5 Å². The van der Waals surface area contributed by atoms with E-state index in [4.69, 9.17) is 0 Å². The van der Waals surface area contributed by atoms with Crippen LogP contribution < -0.4 is 9.44 Å². The third-order valence-corrected chi connectivity index (χ3v) is 5.87. The predicted molar refractivity (Wildman–Crippen MR) is 90.2 cm³/mol. The van der Waals surface area contributed by atoms with Crippen LogP contribution in [0.15, 0.2) is 48.8 Å². The SMILES string of the molecule is O=S(=O)(NC(c1ccccn1)C(NS(=O)(=O)C(F)(F)F)c1ccccn1)C(F)(F)F. The number of sulfonamides is 2. The van der Waals surface area contributed by atoms with E-state index in [0.717, 1.165) is 24.5 Å². The molecule has 0 spiro atoms. The average molecular weight is 478 g/mol. The van der Waals surface area contributed by atoms with Gasteiger partial charge in [0.15, 0.2) is 0 Å². The average Bonchev–Trinajstić information content (AvgIpc) is 2.64. The Morgan fingerprint density at radius 2 is 1.00 bits per heavy atom. The van der Waals surface area contributed by atoms with Crippen LogP contribution in [0, 0.1) is 0 Å². The largest absolute Gasteiger partial charge is 0.511 e. The second kappa shape index (κ2) is 8.44. The molecule has 0 aliphatic rings. The van der Waals surface area contributed by atoms with Gasteiger partial charge < -0.3 is 0 Å². The van der Waals surface area contributed by atoms with Gasteiger partial charge in [-0.3, -0.25) is 9.97 Å². The molecule has 2 atom stereocenters. The molecule has 16 heteroatoms. The first kappa shape index (κ1) is 24.0. The van der Waals surface area contributed by atoms with Crippen molar-refractivity contribution in [3.8, 4) is 0 Å². The van der Waals surface area contributed by atoms with Gasteiger partial charge in [0.2, 0.25) is 0 Å². The number of halogens is 6. The number of rotatable bonds is 7. The lowest BCUT2D eigenvalue weighted by atomic mass is 10.0. The zero-order chi connectivity index (χ0) is 22.8. The van der Waals surface area contributed by atoms with Crippen molar-refractivity contribution in [2.24, 2.45) is 0 Å². The number of nitrogens with zero attached hydrogens (tertiary/aromatic N) is 2. The standard InChI is InChI=1S/C14H12F6N4O4S2/c15-13(16,17)29(25,26)23-11(9-5-1-3-7-21-9)12(10-6-2-4-8-22-10)24-30(27,28)14(18,19)20/h1-8,11-12,23-24H. The lowest BCUT2D eigenvalue weighted by Gasteiger charge is -2.28. The van der Waals surface area contributed by atoms with Gasteiger partial charge in [-0.05, 0) is 24.3 Å². The van der Waals surface area contributed by atoms with Gasteiger partial charge in [0.25, 0.3) is 0 Å². The minimum Gasteiger partial charge on any atom is -0.260 e. The Morgan fingerprint density at radius 1 is 0.667 bits per heavy atom. The van der Waals surface area contributed by atoms with Crippen molar-refractivity contribution in [2.45, 2.75) is 23.1 Å². The molecule has 2 aromatic heterocycles. The minimum atomic E-state index is -6.12. The van der Waals surface area contributed by atoms with E-state index in [-0.39, 0.29) is 0 Å². The zero-order valence-electron chi connectivity index (χ0n) is 14.4. The van der Waals surface area contributed by atoms with E-state index in [1.807, 2.05) is 0 Å². The van der Waals surface area contributed by atoms with Crippen LogP contribution in [-0.2, 0) is 20.0 Å². The Labute approximate surface area is 166 Å². The van der Waals surface area contributed by atoms with Crippen molar-refractivity contribution < 1.29 is 43.2 Å². The molecule has 0 aromatic carbocycles. The molecule has 0 radical (unpaired) electrons. The zero-order valence-corrected chi connectivity index (χ0v) is 16.0. The fourth-order valence-electron chi connectivity index (χ4n) is 2.19. The molecule has 2 rings (SSSR count). The van der Waals surface area contributed by atoms with Crippen LogP contribution in [-0.4, -0.2) is 37.8 Å². The van der Waals surface area contributed by atoms with Gasteiger partial charge in [-0.15, -0.1) is 0 Å². The van der Waals surface area contributed by atoms with Gasteiger partial charge in [-0.25, -0.2) is 16.8 Å². The summed E-state index contributed by atoms with van der Waals surface area (Å²) < 4.78 is 126. The summed E-state index contributed by atoms with van der Waals surface area (Å²) in [5.74, 6) is 0. The summed E-state index contributed by atoms with van der Waals surface area (Å²) in [6, 6.07) is 2.57. The lowest BCUT2D eigenvalue weighted by Crippen LogP contribution is -2.47. The van der Waals surface area contributed by atoms with Crippen molar-refractivity contribution >= 4 is 20.0 Å². The van der Waals surface area contributed by atoms with E-state index >= 15 is 0 Å². The molecule has 30 heavy (non-hydrogen) atoms. The Bertz CT molecular complexity index is 974. The Balaban J connectivity index is 2.67. The molecule has 2 unspecified atom stereocenters. The van der Waals surface area contributed by atoms with Crippen molar-refractivity contribution in [1.82, 2.24) is 19.4 Å². The molecular weight excluding hydrogens is 466 g/mol. The van der Waals surface area contributed by atoms with E-state index < -0.39 is 54.5 Å². The smallest absolute Gasteiger partial charge is 0.260 e. The molecule has 0 amide bonds. The Morgan fingerprint density at radius 3 is 1.23 bits per heavy atom. The monoisotopic (exact) mass is 478 g/mol. The van der Waals surface area contributed by atoms with E-state index in [2.05, 4.69) is 9.97 Å². The van der Waals surface area contributed by atoms with Crippen molar-refractivity contribution in [3.63, 3.8) is 0 Å². The Hall–Kier alpha value is -2.30. The van der Waals surface area contributed by atoms with Gasteiger partial charge >= 0.3 is 31.1 Å². The fourth-order valence-corrected chi connectivity index (χ4v) is 3.64. The second-order valence-corrected chi connectivity index (χ2v) is 9.01. The van der Waals surface area contributed by atoms with Crippen LogP contribution in [0.25, 0.3) is 0 Å². The fraction of sp³-hybridized carbons (Fsp3) is 0.286. The van der Waals surface area contributed by atoms with E-state index in [9.17, 15) is 43.2 Å². The first-order valence-electron chi connectivity index (χ1n) is 7.65. The molecular formula is C14H12F6N4O4S2. The van der Waals surface area contributed by atoms with E-state index in [1.165, 1.54) is 33.7 Å². The highest BCUT2D eigenvalue weighted by atomic mass is 32.2. The summed E-state index contributed by atoms with van der Waals surface area (Å²) in [5, 5.41) is 0. The van der Waals surface area contributed by atoms with E-state index in [1.54, 1.807) is 0 Å². The number of nitrogens with one attached hydrogen (secondary N) is 2. The topological polar surface area (TPSA) is 118 Å². The summed E-state index contributed by atoms with van der Waals surface area (Å²) >= 11 is 0. The van der Waals surface area contributed by atoms with Gasteiger partial charge in [0.05, 0.1) is 23.5 Å². The maximum absolute atomic E-state index is 12.9. The van der Waals surface area contributed by atoms with Crippen LogP contribution in [0.3, 0.4) is 0 Å². The van der Waals surface area contributed by atoms with Crippen molar-refractivity contribution in [2.75, 3.05) is 0 Å². The summed E-state index contributed by atoms with van der Waals surface area (Å²) in [5.41, 5.74) is -12.7. The number of aromatic nitrogens is 2. The second-order valence-electron chi connectivity index (χ2n) is 5.60. The number of hydrogen-bond donors (Lipinski definition) is 2. The lowest BCUT2D eigenvalue weighted by molar-refractivity contribution is -0.0466. The molecule has 0 aliphatic heterocycles. The van der Waals surface area contributed by atoms with Crippen molar-refractivity contribution in [1.29, 1.82) is 0 Å². The molecule has 2 aromatic rings. The Kier molecular flexibility index (Phi) is 6.75. The third kappa shape index (κ3) is 5.44. The summed E-state index contributed by atoms with van der Waals surface area (Å²) in [6.45, 7) is 0. The van der Waals surface area contributed by atoms with Gasteiger partial charge in [-0.1, -0.05) is 12.1 Å². The molecule has 0 saturated heterocycles. The molecule has 0 bridgehead atoms. The summed E-state index contributed by atoms with van der Waals surface area (Å²) in [4.78, 5) is 7.29. The normalized spacial score (nSPS) is 15.5. The minimum absolute atomic E-state index is 0.495. The number of pyridine rings is 2. The van der Waals surface area contributed by atoms with Crippen molar-refractivity contribution in [3.05, 3.63) is 60.2 Å². The van der Waals surface area contributed by atoms with Crippen LogP contribution in [0.2, 0.25) is 0 Å². The molecule has 0 saturated carbocycles. The molecule has 8 nitrogen and oxygen atoms in total. The first-order chi connectivity index (χ1) is 13.7. The van der Waals surface area contributed by atoms with Crippen LogP contribution in [0.4, 0.5) is 26.3 Å². The summed E-state index contributed by atoms with van der Waals surface area (Å²) in [6.07, 6.45) is 2.05. The quantitative estimate of drug-likeness (QED) is 0.589. The molecule has 2 N–H and O–H groups in total. The third-order valence-electron chi connectivity index (χ3n) is 3.52. The maximum Gasteiger partial charge on any atom is 0.511 e. The molecule has 0 aliphatic carbocycles. The number of alkyl halides is 6. The van der Waals surface area contributed by atoms with Crippen LogP contribution in [0.5, 0.6) is 0 Å². The summed E-state index contributed by atoms with van der Waals surface area (Å²) in [7, 11) is -12.2. The molecule has 166 valence electrons. The van der Waals surface area contributed by atoms with E-state index in [0.29, 0.717) is 0 Å². The molecule has 2 heterocycles. The number of hydrogen-bond acceptors (Lipinski definition) is 6. The highest BCUT2D eigenvalue weighted by molar-refractivity contribution is 7.90. The van der Waals surface area contributed by atoms with Gasteiger partial charge in [0, 0.05) is 12.4 Å². The van der Waals surface area contributed by atoms with Gasteiger partial charge in [-0.2, -0.15) is 35.8 Å². The maximum atomic E-state index is 12.9. The van der Waals surface area contributed by atoms with Crippen LogP contribution >= 0.6 is 0 Å².